The maximum Gasteiger partial charge on any atom is 0.335 e. The molecule has 0 spiro atoms. The Morgan fingerprint density at radius 1 is 0.660 bits per heavy atom. The normalized spacial score (nSPS) is 18.3. The highest BCUT2D eigenvalue weighted by Gasteiger charge is 2.29. The summed E-state index contributed by atoms with van der Waals surface area (Å²) in [7, 11) is 0. The summed E-state index contributed by atoms with van der Waals surface area (Å²) in [6, 6.07) is 14.1. The van der Waals surface area contributed by atoms with Gasteiger partial charge in [-0.3, -0.25) is 9.59 Å². The predicted molar refractivity (Wildman–Crippen MR) is 199 cm³/mol. The number of carbonyl (C=O) groups excluding carboxylic acids is 2. The fraction of sp³-hybridized carbons (Fsp3) is 0.429. The number of hydrogen-bond donors (Lipinski definition) is 2. The third kappa shape index (κ3) is 13.0. The van der Waals surface area contributed by atoms with E-state index >= 15 is 0 Å². The van der Waals surface area contributed by atoms with Crippen LogP contribution in [-0.2, 0) is 22.4 Å². The van der Waals surface area contributed by atoms with Crippen LogP contribution in [0.2, 0.25) is 0 Å². The lowest BCUT2D eigenvalue weighted by atomic mass is 10.1. The minimum absolute atomic E-state index is 0.163. The molecule has 0 aliphatic carbocycles. The van der Waals surface area contributed by atoms with Gasteiger partial charge in [0.15, 0.2) is 0 Å². The van der Waals surface area contributed by atoms with Gasteiger partial charge in [0.25, 0.3) is 0 Å². The molecule has 2 fully saturated rings. The van der Waals surface area contributed by atoms with E-state index in [-0.39, 0.29) is 35.0 Å². The summed E-state index contributed by atoms with van der Waals surface area (Å²) >= 11 is 0. The molecule has 0 aromatic heterocycles. The van der Waals surface area contributed by atoms with Crippen LogP contribution < -0.4 is 0 Å². The molecule has 2 N–H and O–H groups in total. The number of allylic oxidation sites excluding steroid dienone is 6. The summed E-state index contributed by atoms with van der Waals surface area (Å²) in [6.45, 7) is 9.93. The van der Waals surface area contributed by atoms with E-state index in [1.807, 2.05) is 34.1 Å². The second kappa shape index (κ2) is 20.7. The van der Waals surface area contributed by atoms with Crippen molar-refractivity contribution in [3.8, 4) is 0 Å². The lowest BCUT2D eigenvalue weighted by Gasteiger charge is -2.22. The van der Waals surface area contributed by atoms with Crippen molar-refractivity contribution in [1.29, 1.82) is 0 Å². The molecule has 2 aromatic rings. The molecule has 2 aliphatic rings. The molecule has 2 amide bonds. The van der Waals surface area contributed by atoms with Crippen molar-refractivity contribution in [3.63, 3.8) is 0 Å². The molecule has 4 rings (SSSR count). The third-order valence-corrected chi connectivity index (χ3v) is 9.15. The van der Waals surface area contributed by atoms with Gasteiger partial charge < -0.3 is 20.0 Å². The molecule has 50 heavy (non-hydrogen) atoms. The van der Waals surface area contributed by atoms with E-state index in [9.17, 15) is 19.2 Å². The molecule has 268 valence electrons. The quantitative estimate of drug-likeness (QED) is 0.172. The van der Waals surface area contributed by atoms with E-state index in [4.69, 9.17) is 10.2 Å². The number of rotatable bonds is 16. The first kappa shape index (κ1) is 39.7. The van der Waals surface area contributed by atoms with Crippen LogP contribution in [0.15, 0.2) is 96.1 Å². The summed E-state index contributed by atoms with van der Waals surface area (Å²) in [5, 5.41) is 17.9. The van der Waals surface area contributed by atoms with Crippen molar-refractivity contribution in [3.05, 3.63) is 118 Å². The molecule has 0 unspecified atom stereocenters. The van der Waals surface area contributed by atoms with Crippen LogP contribution in [0.1, 0.15) is 111 Å². The van der Waals surface area contributed by atoms with Gasteiger partial charge >= 0.3 is 11.9 Å². The van der Waals surface area contributed by atoms with E-state index in [1.54, 1.807) is 24.3 Å². The highest BCUT2D eigenvalue weighted by molar-refractivity contribution is 5.88. The van der Waals surface area contributed by atoms with Crippen LogP contribution in [-0.4, -0.2) is 68.9 Å². The van der Waals surface area contributed by atoms with Crippen LogP contribution in [0.25, 0.3) is 0 Å². The van der Waals surface area contributed by atoms with Gasteiger partial charge in [0.1, 0.15) is 0 Å². The molecular weight excluding hydrogens is 628 g/mol. The Labute approximate surface area is 297 Å². The number of aromatic carboxylic acids is 2. The van der Waals surface area contributed by atoms with E-state index < -0.39 is 11.9 Å². The lowest BCUT2D eigenvalue weighted by Crippen LogP contribution is -2.33. The highest BCUT2D eigenvalue weighted by atomic mass is 16.4. The summed E-state index contributed by atoms with van der Waals surface area (Å²) in [4.78, 5) is 49.9. The summed E-state index contributed by atoms with van der Waals surface area (Å²) in [6.07, 6.45) is 21.6. The monoisotopic (exact) mass is 682 g/mol. The molecular formula is C42H54N2O6. The van der Waals surface area contributed by atoms with Gasteiger partial charge in [-0.15, -0.1) is 0 Å². The van der Waals surface area contributed by atoms with Crippen molar-refractivity contribution in [2.45, 2.75) is 104 Å². The molecule has 2 saturated heterocycles. The fourth-order valence-electron chi connectivity index (χ4n) is 6.27. The Hall–Kier alpha value is -4.72. The first-order valence-electron chi connectivity index (χ1n) is 17.9. The molecule has 2 atom stereocenters. The second-order valence-electron chi connectivity index (χ2n) is 13.2. The molecule has 8 nitrogen and oxygen atoms in total. The third-order valence-electron chi connectivity index (χ3n) is 9.15. The predicted octanol–water partition coefficient (Wildman–Crippen LogP) is 8.44. The van der Waals surface area contributed by atoms with Crippen LogP contribution in [0.3, 0.4) is 0 Å². The summed E-state index contributed by atoms with van der Waals surface area (Å²) in [5.41, 5.74) is 5.38. The largest absolute Gasteiger partial charge is 0.478 e. The second-order valence-corrected chi connectivity index (χ2v) is 13.2. The van der Waals surface area contributed by atoms with Gasteiger partial charge in [0.05, 0.1) is 23.2 Å². The number of carboxylic acid groups (broad SMARTS) is 2. The average molecular weight is 683 g/mol. The van der Waals surface area contributed by atoms with E-state index in [1.165, 1.54) is 11.1 Å². The minimum Gasteiger partial charge on any atom is -0.478 e. The maximum absolute atomic E-state index is 12.1. The van der Waals surface area contributed by atoms with Gasteiger partial charge in [-0.1, -0.05) is 98.6 Å². The lowest BCUT2D eigenvalue weighted by molar-refractivity contribution is -0.129. The van der Waals surface area contributed by atoms with Crippen LogP contribution in [0.4, 0.5) is 0 Å². The van der Waals surface area contributed by atoms with Crippen molar-refractivity contribution >= 4 is 23.8 Å². The van der Waals surface area contributed by atoms with Gasteiger partial charge in [-0.2, -0.15) is 0 Å². The van der Waals surface area contributed by atoms with Crippen LogP contribution in [0.5, 0.6) is 0 Å². The van der Waals surface area contributed by atoms with Crippen molar-refractivity contribution in [2.75, 3.05) is 13.1 Å². The Morgan fingerprint density at radius 2 is 1.02 bits per heavy atom. The van der Waals surface area contributed by atoms with Crippen molar-refractivity contribution < 1.29 is 29.4 Å². The van der Waals surface area contributed by atoms with Crippen LogP contribution >= 0.6 is 0 Å². The number of likely N-dealkylation sites (tertiary alicyclic amines) is 2. The molecule has 2 heterocycles. The number of amides is 2. The van der Waals surface area contributed by atoms with E-state index in [0.717, 1.165) is 62.5 Å². The number of hydrogen-bond acceptors (Lipinski definition) is 4. The molecule has 0 bridgehead atoms. The Balaban J connectivity index is 0.000000270. The van der Waals surface area contributed by atoms with E-state index in [0.29, 0.717) is 25.9 Å². The summed E-state index contributed by atoms with van der Waals surface area (Å²) < 4.78 is 0. The Morgan fingerprint density at radius 3 is 1.34 bits per heavy atom. The van der Waals surface area contributed by atoms with E-state index in [2.05, 4.69) is 64.2 Å². The highest BCUT2D eigenvalue weighted by Crippen LogP contribution is 2.22. The summed E-state index contributed by atoms with van der Waals surface area (Å²) in [5.74, 6) is -1.44. The molecule has 2 aliphatic heterocycles. The number of carbonyl (C=O) groups is 4. The zero-order valence-electron chi connectivity index (χ0n) is 30.1. The standard InChI is InChI=1S/2C21H27NO3/c2*1-3-5-16(2)6-4-7-19-12-13-20(23)22(19)15-14-17-8-10-18(11-9-17)21(24)25/h2*4,6-11,19H,3,5,12-15H2,1-2H3,(H,24,25)/b7-4+,16-6+;7-4-,16-6+/t2*19-/m00/s1. The molecule has 0 radical (unpaired) electrons. The van der Waals surface area contributed by atoms with Gasteiger partial charge in [0.2, 0.25) is 11.8 Å². The topological polar surface area (TPSA) is 115 Å². The number of benzene rings is 2. The first-order valence-corrected chi connectivity index (χ1v) is 17.9. The SMILES string of the molecule is CCC/C(C)=C/C=C/[C@H]1CCC(=O)N1CCc1ccc(C(=O)O)cc1.CCC/C(C)=C/C=C\[C@H]1CCC(=O)N1CCc1ccc(C(=O)O)cc1. The Bertz CT molecular complexity index is 1430. The van der Waals surface area contributed by atoms with Gasteiger partial charge in [0, 0.05) is 25.9 Å². The maximum atomic E-state index is 12.1. The minimum atomic E-state index is -0.919. The zero-order chi connectivity index (χ0) is 36.5. The van der Waals surface area contributed by atoms with Gasteiger partial charge in [-0.05, 0) is 87.8 Å². The molecule has 0 saturated carbocycles. The first-order chi connectivity index (χ1) is 24.0. The Kier molecular flexibility index (Phi) is 16.5. The number of nitrogens with zero attached hydrogens (tertiary/aromatic N) is 2. The molecule has 8 heteroatoms. The van der Waals surface area contributed by atoms with Crippen LogP contribution in [0, 0.1) is 0 Å². The number of carboxylic acids is 2. The van der Waals surface area contributed by atoms with Gasteiger partial charge in [-0.25, -0.2) is 9.59 Å². The average Bonchev–Trinajstić information content (AvgIpc) is 3.63. The van der Waals surface area contributed by atoms with Crippen molar-refractivity contribution in [1.82, 2.24) is 9.80 Å². The smallest absolute Gasteiger partial charge is 0.335 e. The fourth-order valence-corrected chi connectivity index (χ4v) is 6.27. The van der Waals surface area contributed by atoms with Crippen molar-refractivity contribution in [2.24, 2.45) is 0 Å². The zero-order valence-corrected chi connectivity index (χ0v) is 30.1. The molecule has 2 aromatic carbocycles.